The largest absolute Gasteiger partial charge is 0.464 e. The first-order chi connectivity index (χ1) is 9.02. The standard InChI is InChI=1S/C14H13FN2O2/c1-8-3-5-9(6-4-8)13-12(15)10(16)7-11(17-13)14(18)19-2/h3-7H,1-2H3,(H2,16,17). The molecule has 4 nitrogen and oxygen atoms in total. The number of halogens is 1. The van der Waals surface area contributed by atoms with E-state index < -0.39 is 11.8 Å². The van der Waals surface area contributed by atoms with E-state index in [1.54, 1.807) is 12.1 Å². The van der Waals surface area contributed by atoms with E-state index in [1.165, 1.54) is 13.2 Å². The summed E-state index contributed by atoms with van der Waals surface area (Å²) in [7, 11) is 1.23. The molecule has 0 saturated carbocycles. The molecule has 0 amide bonds. The lowest BCUT2D eigenvalue weighted by molar-refractivity contribution is 0.0594. The van der Waals surface area contributed by atoms with Gasteiger partial charge in [-0.15, -0.1) is 0 Å². The zero-order valence-electron chi connectivity index (χ0n) is 10.6. The third-order valence-corrected chi connectivity index (χ3v) is 2.71. The fraction of sp³-hybridized carbons (Fsp3) is 0.143. The highest BCUT2D eigenvalue weighted by molar-refractivity contribution is 5.89. The average molecular weight is 260 g/mol. The van der Waals surface area contributed by atoms with E-state index in [4.69, 9.17) is 5.73 Å². The minimum absolute atomic E-state index is 0.0167. The first-order valence-electron chi connectivity index (χ1n) is 5.64. The number of aryl methyl sites for hydroxylation is 1. The van der Waals surface area contributed by atoms with Crippen LogP contribution >= 0.6 is 0 Å². The molecule has 0 aliphatic carbocycles. The minimum atomic E-state index is -0.653. The van der Waals surface area contributed by atoms with Gasteiger partial charge in [-0.2, -0.15) is 0 Å². The van der Waals surface area contributed by atoms with Crippen LogP contribution in [0.4, 0.5) is 10.1 Å². The molecule has 0 spiro atoms. The molecule has 1 heterocycles. The van der Waals surface area contributed by atoms with Crippen molar-refractivity contribution in [2.24, 2.45) is 0 Å². The minimum Gasteiger partial charge on any atom is -0.464 e. The molecule has 19 heavy (non-hydrogen) atoms. The number of nitrogens with two attached hydrogens (primary N) is 1. The molecule has 0 radical (unpaired) electrons. The van der Waals surface area contributed by atoms with Crippen LogP contribution in [0, 0.1) is 12.7 Å². The lowest BCUT2D eigenvalue weighted by Crippen LogP contribution is -2.08. The van der Waals surface area contributed by atoms with Gasteiger partial charge in [0.15, 0.2) is 11.5 Å². The van der Waals surface area contributed by atoms with E-state index in [2.05, 4.69) is 9.72 Å². The molecule has 0 unspecified atom stereocenters. The first-order valence-corrected chi connectivity index (χ1v) is 5.64. The van der Waals surface area contributed by atoms with Crippen LogP contribution in [0.2, 0.25) is 0 Å². The molecule has 2 N–H and O–H groups in total. The normalized spacial score (nSPS) is 10.3. The quantitative estimate of drug-likeness (QED) is 0.843. The Hall–Kier alpha value is -2.43. The Kier molecular flexibility index (Phi) is 3.46. The van der Waals surface area contributed by atoms with Crippen LogP contribution in [0.15, 0.2) is 30.3 Å². The van der Waals surface area contributed by atoms with Gasteiger partial charge in [0.2, 0.25) is 0 Å². The predicted octanol–water partition coefficient (Wildman–Crippen LogP) is 2.56. The molecule has 2 aromatic rings. The number of carbonyl (C=O) groups excluding carboxylic acids is 1. The zero-order chi connectivity index (χ0) is 14.0. The van der Waals surface area contributed by atoms with Crippen LogP contribution in [0.1, 0.15) is 16.1 Å². The van der Waals surface area contributed by atoms with Gasteiger partial charge in [-0.05, 0) is 13.0 Å². The van der Waals surface area contributed by atoms with Gasteiger partial charge in [0.25, 0.3) is 0 Å². The lowest BCUT2D eigenvalue weighted by atomic mass is 10.1. The summed E-state index contributed by atoms with van der Waals surface area (Å²) in [5.41, 5.74) is 7.05. The molecule has 0 atom stereocenters. The lowest BCUT2D eigenvalue weighted by Gasteiger charge is -2.08. The average Bonchev–Trinajstić information content (AvgIpc) is 2.42. The van der Waals surface area contributed by atoms with Crippen molar-refractivity contribution in [1.82, 2.24) is 4.98 Å². The number of pyridine rings is 1. The summed E-state index contributed by atoms with van der Waals surface area (Å²) in [6, 6.07) is 8.27. The highest BCUT2D eigenvalue weighted by Crippen LogP contribution is 2.25. The summed E-state index contributed by atoms with van der Waals surface area (Å²) in [6.45, 7) is 1.92. The molecule has 1 aromatic heterocycles. The van der Waals surface area contributed by atoms with Crippen molar-refractivity contribution in [2.45, 2.75) is 6.92 Å². The van der Waals surface area contributed by atoms with Gasteiger partial charge in [0.05, 0.1) is 12.8 Å². The Labute approximate surface area is 110 Å². The second kappa shape index (κ2) is 5.06. The summed E-state index contributed by atoms with van der Waals surface area (Å²) in [6.07, 6.45) is 0. The van der Waals surface area contributed by atoms with Crippen molar-refractivity contribution in [3.05, 3.63) is 47.4 Å². The number of hydrogen-bond acceptors (Lipinski definition) is 4. The van der Waals surface area contributed by atoms with Gasteiger partial charge < -0.3 is 10.5 Å². The van der Waals surface area contributed by atoms with Crippen LogP contribution in [-0.2, 0) is 4.74 Å². The number of ether oxygens (including phenoxy) is 1. The number of aromatic nitrogens is 1. The first kappa shape index (κ1) is 13.0. The van der Waals surface area contributed by atoms with Gasteiger partial charge in [0, 0.05) is 5.56 Å². The molecule has 0 fully saturated rings. The third kappa shape index (κ3) is 2.54. The highest BCUT2D eigenvalue weighted by Gasteiger charge is 2.16. The number of carbonyl (C=O) groups is 1. The fourth-order valence-electron chi connectivity index (χ4n) is 1.66. The van der Waals surface area contributed by atoms with Crippen molar-refractivity contribution >= 4 is 11.7 Å². The second-order valence-corrected chi connectivity index (χ2v) is 4.12. The summed E-state index contributed by atoms with van der Waals surface area (Å²) < 4.78 is 18.6. The number of nitrogens with zero attached hydrogens (tertiary/aromatic N) is 1. The molecular weight excluding hydrogens is 247 g/mol. The Balaban J connectivity index is 2.58. The SMILES string of the molecule is COC(=O)c1cc(N)c(F)c(-c2ccc(C)cc2)n1. The zero-order valence-corrected chi connectivity index (χ0v) is 10.6. The maximum Gasteiger partial charge on any atom is 0.356 e. The topological polar surface area (TPSA) is 65.2 Å². The smallest absolute Gasteiger partial charge is 0.356 e. The van der Waals surface area contributed by atoms with E-state index in [0.29, 0.717) is 5.56 Å². The number of anilines is 1. The predicted molar refractivity (Wildman–Crippen MR) is 70.1 cm³/mol. The molecule has 2 rings (SSSR count). The molecule has 0 bridgehead atoms. The number of methoxy groups -OCH3 is 1. The van der Waals surface area contributed by atoms with Gasteiger partial charge >= 0.3 is 5.97 Å². The molecule has 5 heteroatoms. The molecule has 98 valence electrons. The van der Waals surface area contributed by atoms with Gasteiger partial charge in [-0.1, -0.05) is 29.8 Å². The number of nitrogen functional groups attached to an aromatic ring is 1. The molecular formula is C14H13FN2O2. The van der Waals surface area contributed by atoms with Crippen LogP contribution in [0.5, 0.6) is 0 Å². The van der Waals surface area contributed by atoms with E-state index in [9.17, 15) is 9.18 Å². The number of benzene rings is 1. The maximum atomic E-state index is 14.0. The van der Waals surface area contributed by atoms with Crippen LogP contribution < -0.4 is 5.73 Å². The Morgan fingerprint density at radius 2 is 1.95 bits per heavy atom. The fourth-order valence-corrected chi connectivity index (χ4v) is 1.66. The van der Waals surface area contributed by atoms with Crippen molar-refractivity contribution < 1.29 is 13.9 Å². The number of esters is 1. The van der Waals surface area contributed by atoms with Crippen LogP contribution in [-0.4, -0.2) is 18.1 Å². The van der Waals surface area contributed by atoms with Crippen molar-refractivity contribution in [3.8, 4) is 11.3 Å². The molecule has 0 aliphatic heterocycles. The molecule has 0 saturated heterocycles. The van der Waals surface area contributed by atoms with E-state index in [-0.39, 0.29) is 17.1 Å². The van der Waals surface area contributed by atoms with Crippen LogP contribution in [0.3, 0.4) is 0 Å². The summed E-state index contributed by atoms with van der Waals surface area (Å²) in [5, 5.41) is 0. The van der Waals surface area contributed by atoms with E-state index >= 15 is 0 Å². The van der Waals surface area contributed by atoms with Crippen molar-refractivity contribution in [2.75, 3.05) is 12.8 Å². The van der Waals surface area contributed by atoms with E-state index in [1.807, 2.05) is 19.1 Å². The third-order valence-electron chi connectivity index (χ3n) is 2.71. The van der Waals surface area contributed by atoms with Crippen LogP contribution in [0.25, 0.3) is 11.3 Å². The Morgan fingerprint density at radius 3 is 2.53 bits per heavy atom. The summed E-state index contributed by atoms with van der Waals surface area (Å²) >= 11 is 0. The highest BCUT2D eigenvalue weighted by atomic mass is 19.1. The summed E-state index contributed by atoms with van der Waals surface area (Å²) in [5.74, 6) is -1.29. The van der Waals surface area contributed by atoms with E-state index in [0.717, 1.165) is 5.56 Å². The van der Waals surface area contributed by atoms with Gasteiger partial charge in [-0.3, -0.25) is 0 Å². The second-order valence-electron chi connectivity index (χ2n) is 4.12. The Morgan fingerprint density at radius 1 is 1.32 bits per heavy atom. The number of rotatable bonds is 2. The molecule has 1 aromatic carbocycles. The Bertz CT molecular complexity index is 624. The summed E-state index contributed by atoms with van der Waals surface area (Å²) in [4.78, 5) is 15.4. The van der Waals surface area contributed by atoms with Crippen molar-refractivity contribution in [3.63, 3.8) is 0 Å². The maximum absolute atomic E-state index is 14.0. The number of hydrogen-bond donors (Lipinski definition) is 1. The van der Waals surface area contributed by atoms with Crippen molar-refractivity contribution in [1.29, 1.82) is 0 Å². The molecule has 0 aliphatic rings. The monoisotopic (exact) mass is 260 g/mol. The van der Waals surface area contributed by atoms with Gasteiger partial charge in [-0.25, -0.2) is 14.2 Å². The van der Waals surface area contributed by atoms with Gasteiger partial charge in [0.1, 0.15) is 5.69 Å².